The van der Waals surface area contributed by atoms with Gasteiger partial charge in [-0.3, -0.25) is 4.79 Å². The summed E-state index contributed by atoms with van der Waals surface area (Å²) in [6.07, 6.45) is 0. The summed E-state index contributed by atoms with van der Waals surface area (Å²) in [6.45, 7) is 5.90. The van der Waals surface area contributed by atoms with E-state index in [0.29, 0.717) is 22.1 Å². The molecule has 0 spiro atoms. The minimum Gasteiger partial charge on any atom is -0.496 e. The Morgan fingerprint density at radius 2 is 1.74 bits per heavy atom. The highest BCUT2D eigenvalue weighted by Crippen LogP contribution is 2.38. The predicted molar refractivity (Wildman–Crippen MR) is 129 cm³/mol. The van der Waals surface area contributed by atoms with Crippen molar-refractivity contribution in [2.24, 2.45) is 0 Å². The molecule has 31 heavy (non-hydrogen) atoms. The first-order chi connectivity index (χ1) is 14.9. The van der Waals surface area contributed by atoms with Gasteiger partial charge in [0.05, 0.1) is 18.7 Å². The number of hydrogen-bond acceptors (Lipinski definition) is 3. The van der Waals surface area contributed by atoms with Crippen molar-refractivity contribution in [1.29, 1.82) is 0 Å². The molecule has 3 aromatic carbocycles. The van der Waals surface area contributed by atoms with Gasteiger partial charge in [-0.05, 0) is 73.1 Å². The Morgan fingerprint density at radius 3 is 2.45 bits per heavy atom. The highest BCUT2D eigenvalue weighted by molar-refractivity contribution is 7.80. The number of allylic oxidation sites excluding steroid dienone is 1. The lowest BCUT2D eigenvalue weighted by molar-refractivity contribution is -0.113. The van der Waals surface area contributed by atoms with E-state index in [1.807, 2.05) is 69.3 Å². The summed E-state index contributed by atoms with van der Waals surface area (Å²) >= 11 is 5.44. The maximum Gasteiger partial charge on any atom is 0.255 e. The number of amides is 1. The van der Waals surface area contributed by atoms with Crippen LogP contribution in [0.2, 0.25) is 0 Å². The second-order valence-electron chi connectivity index (χ2n) is 7.80. The number of thiocarbonyl (C=S) groups is 1. The zero-order valence-corrected chi connectivity index (χ0v) is 18.8. The van der Waals surface area contributed by atoms with Gasteiger partial charge < -0.3 is 20.7 Å². The van der Waals surface area contributed by atoms with Gasteiger partial charge in [0.1, 0.15) is 5.75 Å². The van der Waals surface area contributed by atoms with Crippen LogP contribution in [0.1, 0.15) is 29.7 Å². The monoisotopic (exact) mass is 431 g/mol. The minimum atomic E-state index is -0.458. The fraction of sp³-hybridized carbons (Fsp3) is 0.200. The molecule has 5 nitrogen and oxygen atoms in total. The number of anilines is 1. The normalized spacial score (nSPS) is 16.0. The minimum absolute atomic E-state index is 0.190. The smallest absolute Gasteiger partial charge is 0.255 e. The molecular weight excluding hydrogens is 406 g/mol. The van der Waals surface area contributed by atoms with Crippen molar-refractivity contribution in [2.75, 3.05) is 12.4 Å². The summed E-state index contributed by atoms with van der Waals surface area (Å²) in [4.78, 5) is 13.5. The largest absolute Gasteiger partial charge is 0.496 e. The van der Waals surface area contributed by atoms with E-state index in [9.17, 15) is 4.79 Å². The van der Waals surface area contributed by atoms with E-state index >= 15 is 0 Å². The van der Waals surface area contributed by atoms with Crippen LogP contribution < -0.4 is 20.7 Å². The average molecular weight is 432 g/mol. The van der Waals surface area contributed by atoms with Gasteiger partial charge in [-0.1, -0.05) is 36.4 Å². The second kappa shape index (κ2) is 8.40. The third-order valence-electron chi connectivity index (χ3n) is 5.43. The van der Waals surface area contributed by atoms with Gasteiger partial charge in [-0.2, -0.15) is 0 Å². The Morgan fingerprint density at radius 1 is 1.03 bits per heavy atom. The van der Waals surface area contributed by atoms with Crippen molar-refractivity contribution in [3.8, 4) is 5.75 Å². The quantitative estimate of drug-likeness (QED) is 0.513. The van der Waals surface area contributed by atoms with Gasteiger partial charge in [0.2, 0.25) is 0 Å². The molecule has 0 aliphatic carbocycles. The van der Waals surface area contributed by atoms with Crippen LogP contribution in [0, 0.1) is 13.8 Å². The molecule has 1 atom stereocenters. The van der Waals surface area contributed by atoms with Crippen molar-refractivity contribution >= 4 is 39.7 Å². The predicted octanol–water partition coefficient (Wildman–Crippen LogP) is 4.90. The number of fused-ring (bicyclic) bond motifs is 1. The number of carbonyl (C=O) groups excluding carboxylic acids is 1. The van der Waals surface area contributed by atoms with Crippen molar-refractivity contribution in [2.45, 2.75) is 26.8 Å². The molecule has 0 bridgehead atoms. The highest BCUT2D eigenvalue weighted by Gasteiger charge is 2.33. The van der Waals surface area contributed by atoms with E-state index in [2.05, 4.69) is 22.0 Å². The molecule has 158 valence electrons. The van der Waals surface area contributed by atoms with Crippen LogP contribution in [-0.4, -0.2) is 18.1 Å². The lowest BCUT2D eigenvalue weighted by atomic mass is 9.90. The first kappa shape index (κ1) is 20.9. The van der Waals surface area contributed by atoms with Gasteiger partial charge >= 0.3 is 0 Å². The Kier molecular flexibility index (Phi) is 5.65. The van der Waals surface area contributed by atoms with E-state index in [0.717, 1.165) is 33.2 Å². The number of carbonyl (C=O) groups is 1. The Hall–Kier alpha value is -3.38. The molecule has 0 aromatic heterocycles. The molecule has 0 saturated carbocycles. The molecule has 0 fully saturated rings. The number of rotatable bonds is 4. The molecular formula is C25H25N3O2S. The summed E-state index contributed by atoms with van der Waals surface area (Å²) in [5, 5.41) is 12.0. The van der Waals surface area contributed by atoms with Crippen molar-refractivity contribution in [3.63, 3.8) is 0 Å². The molecule has 0 saturated heterocycles. The van der Waals surface area contributed by atoms with Gasteiger partial charge in [-0.25, -0.2) is 0 Å². The number of ether oxygens (including phenoxy) is 1. The molecule has 3 N–H and O–H groups in total. The summed E-state index contributed by atoms with van der Waals surface area (Å²) < 4.78 is 5.70. The fourth-order valence-corrected chi connectivity index (χ4v) is 4.48. The topological polar surface area (TPSA) is 62.4 Å². The standard InChI is InChI=1S/C25H25N3O2S/c1-14-11-15(2)13-18(12-14)27-24(29)21-16(3)26-25(31)28-23(21)22-19-8-6-5-7-17(19)9-10-20(22)30-4/h5-13,23H,1-4H3,(H,27,29)(H2,26,28,31)/t23-/m0/s1. The summed E-state index contributed by atoms with van der Waals surface area (Å²) in [7, 11) is 1.64. The van der Waals surface area contributed by atoms with Crippen LogP contribution in [-0.2, 0) is 4.79 Å². The van der Waals surface area contributed by atoms with E-state index < -0.39 is 6.04 Å². The zero-order valence-electron chi connectivity index (χ0n) is 18.0. The molecule has 1 amide bonds. The van der Waals surface area contributed by atoms with Crippen molar-refractivity contribution in [3.05, 3.63) is 82.6 Å². The number of benzene rings is 3. The molecule has 1 heterocycles. The molecule has 4 rings (SSSR count). The molecule has 6 heteroatoms. The SMILES string of the molecule is COc1ccc2ccccc2c1[C@H]1NC(=S)NC(C)=C1C(=O)Nc1cc(C)cc(C)c1. The van der Waals surface area contributed by atoms with Crippen LogP contribution >= 0.6 is 12.2 Å². The molecule has 0 radical (unpaired) electrons. The first-order valence-electron chi connectivity index (χ1n) is 10.1. The first-order valence-corrected chi connectivity index (χ1v) is 10.5. The Labute approximate surface area is 187 Å². The molecule has 0 unspecified atom stereocenters. The number of methoxy groups -OCH3 is 1. The van der Waals surface area contributed by atoms with Crippen molar-refractivity contribution in [1.82, 2.24) is 10.6 Å². The van der Waals surface area contributed by atoms with Gasteiger partial charge in [0.25, 0.3) is 5.91 Å². The maximum atomic E-state index is 13.5. The van der Waals surface area contributed by atoms with E-state index in [1.54, 1.807) is 7.11 Å². The molecule has 3 aromatic rings. The number of aryl methyl sites for hydroxylation is 2. The van der Waals surface area contributed by atoms with Crippen LogP contribution in [0.3, 0.4) is 0 Å². The van der Waals surface area contributed by atoms with Gasteiger partial charge in [0.15, 0.2) is 5.11 Å². The maximum absolute atomic E-state index is 13.5. The summed E-state index contributed by atoms with van der Waals surface area (Å²) in [6, 6.07) is 17.5. The summed E-state index contributed by atoms with van der Waals surface area (Å²) in [5.74, 6) is 0.510. The number of nitrogens with one attached hydrogen (secondary N) is 3. The Bertz CT molecular complexity index is 1210. The van der Waals surface area contributed by atoms with Crippen molar-refractivity contribution < 1.29 is 9.53 Å². The lowest BCUT2D eigenvalue weighted by Crippen LogP contribution is -2.46. The van der Waals surface area contributed by atoms with E-state index in [4.69, 9.17) is 17.0 Å². The molecule has 1 aliphatic rings. The third-order valence-corrected chi connectivity index (χ3v) is 5.65. The van der Waals surface area contributed by atoms with Gasteiger partial charge in [-0.15, -0.1) is 0 Å². The third kappa shape index (κ3) is 4.11. The zero-order chi connectivity index (χ0) is 22.1. The van der Waals surface area contributed by atoms with Gasteiger partial charge in [0, 0.05) is 16.9 Å². The van der Waals surface area contributed by atoms with Crippen LogP contribution in [0.5, 0.6) is 5.75 Å². The lowest BCUT2D eigenvalue weighted by Gasteiger charge is -2.32. The van der Waals surface area contributed by atoms with Crippen LogP contribution in [0.25, 0.3) is 10.8 Å². The Balaban J connectivity index is 1.83. The van der Waals surface area contributed by atoms with E-state index in [-0.39, 0.29) is 5.91 Å². The van der Waals surface area contributed by atoms with Crippen LogP contribution in [0.15, 0.2) is 65.9 Å². The van der Waals surface area contributed by atoms with Crippen LogP contribution in [0.4, 0.5) is 5.69 Å². The summed E-state index contributed by atoms with van der Waals surface area (Å²) in [5.41, 5.74) is 5.12. The molecule has 1 aliphatic heterocycles. The average Bonchev–Trinajstić information content (AvgIpc) is 2.71. The second-order valence-corrected chi connectivity index (χ2v) is 8.21. The fourth-order valence-electron chi connectivity index (χ4n) is 4.21. The number of hydrogen-bond donors (Lipinski definition) is 3. The van der Waals surface area contributed by atoms with E-state index in [1.165, 1.54) is 0 Å². The highest BCUT2D eigenvalue weighted by atomic mass is 32.1.